The first kappa shape index (κ1) is 8.71. The molecule has 0 heterocycles. The van der Waals surface area contributed by atoms with Crippen LogP contribution in [0.1, 0.15) is 19.8 Å². The van der Waals surface area contributed by atoms with Gasteiger partial charge in [0.1, 0.15) is 0 Å². The van der Waals surface area contributed by atoms with Gasteiger partial charge in [0.2, 0.25) is 0 Å². The number of ketones is 1. The average molecular weight is 166 g/mol. The van der Waals surface area contributed by atoms with Crippen LogP contribution in [0.5, 0.6) is 0 Å². The molecule has 64 valence electrons. The minimum atomic E-state index is -1.02. The van der Waals surface area contributed by atoms with E-state index in [1.807, 2.05) is 0 Å². The van der Waals surface area contributed by atoms with Gasteiger partial charge in [-0.2, -0.15) is 0 Å². The molecule has 1 aliphatic rings. The highest BCUT2D eigenvalue weighted by atomic mass is 16.4. The monoisotopic (exact) mass is 166 g/mol. The first-order valence-electron chi connectivity index (χ1n) is 3.78. The Morgan fingerprint density at radius 3 is 2.08 bits per heavy atom. The molecule has 0 aliphatic heterocycles. The lowest BCUT2D eigenvalue weighted by Gasteiger charge is -2.08. The van der Waals surface area contributed by atoms with Crippen LogP contribution in [0.4, 0.5) is 0 Å². The van der Waals surface area contributed by atoms with Crippen LogP contribution >= 0.6 is 0 Å². The van der Waals surface area contributed by atoms with Crippen molar-refractivity contribution in [1.29, 1.82) is 0 Å². The number of carbonyl (C=O) groups is 2. The molecule has 0 aromatic heterocycles. The van der Waals surface area contributed by atoms with E-state index in [9.17, 15) is 9.59 Å². The summed E-state index contributed by atoms with van der Waals surface area (Å²) in [6.07, 6.45) is 4.74. The third-order valence-electron chi connectivity index (χ3n) is 1.76. The normalized spacial score (nSPS) is 16.4. The number of hydrogen-bond acceptors (Lipinski definition) is 2. The highest BCUT2D eigenvalue weighted by molar-refractivity contribution is 6.08. The molecule has 0 radical (unpaired) electrons. The highest BCUT2D eigenvalue weighted by Gasteiger charge is 2.18. The Labute approximate surface area is 70.4 Å². The van der Waals surface area contributed by atoms with Crippen LogP contribution in [-0.2, 0) is 9.59 Å². The van der Waals surface area contributed by atoms with Gasteiger partial charge in [-0.3, -0.25) is 4.79 Å². The lowest BCUT2D eigenvalue weighted by Crippen LogP contribution is -2.11. The molecule has 0 fully saturated rings. The molecule has 0 spiro atoms. The number of hydrogen-bond donors (Lipinski definition) is 1. The maximum atomic E-state index is 10.9. The molecule has 1 aliphatic carbocycles. The number of carbonyl (C=O) groups excluding carboxylic acids is 1. The van der Waals surface area contributed by atoms with E-state index in [-0.39, 0.29) is 11.4 Å². The lowest BCUT2D eigenvalue weighted by atomic mass is 9.95. The van der Waals surface area contributed by atoms with Crippen LogP contribution in [0.25, 0.3) is 0 Å². The van der Waals surface area contributed by atoms with Gasteiger partial charge < -0.3 is 5.11 Å². The third kappa shape index (κ3) is 1.61. The van der Waals surface area contributed by atoms with Crippen molar-refractivity contribution >= 4 is 11.8 Å². The summed E-state index contributed by atoms with van der Waals surface area (Å²) in [4.78, 5) is 21.5. The summed E-state index contributed by atoms with van der Waals surface area (Å²) < 4.78 is 0. The zero-order chi connectivity index (χ0) is 9.14. The molecule has 0 atom stereocenters. The van der Waals surface area contributed by atoms with Crippen molar-refractivity contribution in [3.63, 3.8) is 0 Å². The van der Waals surface area contributed by atoms with Crippen LogP contribution in [0.15, 0.2) is 23.3 Å². The van der Waals surface area contributed by atoms with E-state index >= 15 is 0 Å². The summed E-state index contributed by atoms with van der Waals surface area (Å²) >= 11 is 0. The van der Waals surface area contributed by atoms with Crippen molar-refractivity contribution in [1.82, 2.24) is 0 Å². The van der Waals surface area contributed by atoms with Gasteiger partial charge in [0, 0.05) is 5.57 Å². The van der Waals surface area contributed by atoms with Crippen molar-refractivity contribution < 1.29 is 14.7 Å². The van der Waals surface area contributed by atoms with Crippen LogP contribution in [0.2, 0.25) is 0 Å². The van der Waals surface area contributed by atoms with E-state index in [0.29, 0.717) is 12.0 Å². The second kappa shape index (κ2) is 3.34. The summed E-state index contributed by atoms with van der Waals surface area (Å²) in [7, 11) is 0. The molecule has 1 rings (SSSR count). The van der Waals surface area contributed by atoms with Gasteiger partial charge >= 0.3 is 5.97 Å². The molecule has 0 unspecified atom stereocenters. The fraction of sp³-hybridized carbons (Fsp3) is 0.333. The summed E-state index contributed by atoms with van der Waals surface area (Å²) in [6.45, 7) is 1.38. The van der Waals surface area contributed by atoms with Crippen molar-refractivity contribution in [2.45, 2.75) is 19.8 Å². The fourth-order valence-corrected chi connectivity index (χ4v) is 1.21. The summed E-state index contributed by atoms with van der Waals surface area (Å²) in [5.74, 6) is -1.19. The quantitative estimate of drug-likeness (QED) is 0.672. The number of carboxylic acid groups (broad SMARTS) is 1. The summed E-state index contributed by atoms with van der Waals surface area (Å²) in [6, 6.07) is 0. The molecule has 0 bridgehead atoms. The average Bonchev–Trinajstić information content (AvgIpc) is 2.04. The smallest absolute Gasteiger partial charge is 0.336 e. The van der Waals surface area contributed by atoms with E-state index in [2.05, 4.69) is 0 Å². The van der Waals surface area contributed by atoms with Crippen LogP contribution in [0.3, 0.4) is 0 Å². The van der Waals surface area contributed by atoms with Gasteiger partial charge in [0.15, 0.2) is 5.78 Å². The maximum absolute atomic E-state index is 10.9. The molecule has 0 saturated heterocycles. The van der Waals surface area contributed by atoms with Crippen molar-refractivity contribution in [2.75, 3.05) is 0 Å². The van der Waals surface area contributed by atoms with Crippen molar-refractivity contribution in [3.8, 4) is 0 Å². The highest BCUT2D eigenvalue weighted by Crippen LogP contribution is 2.19. The van der Waals surface area contributed by atoms with Crippen LogP contribution in [-0.4, -0.2) is 16.9 Å². The molecule has 0 aromatic carbocycles. The minimum absolute atomic E-state index is 0.147. The second-order valence-corrected chi connectivity index (χ2v) is 2.67. The Morgan fingerprint density at radius 2 is 1.75 bits per heavy atom. The zero-order valence-corrected chi connectivity index (χ0v) is 6.83. The van der Waals surface area contributed by atoms with Crippen LogP contribution in [0, 0.1) is 0 Å². The predicted octanol–water partition coefficient (Wildman–Crippen LogP) is 1.31. The predicted molar refractivity (Wildman–Crippen MR) is 43.7 cm³/mol. The SMILES string of the molecule is CC(=O)C1=CCCC=C1C(=O)O. The van der Waals surface area contributed by atoms with Crippen LogP contribution < -0.4 is 0 Å². The number of aliphatic carboxylic acids is 1. The Morgan fingerprint density at radius 1 is 1.25 bits per heavy atom. The molecule has 3 heteroatoms. The Hall–Kier alpha value is -1.38. The Bertz CT molecular complexity index is 254. The van der Waals surface area contributed by atoms with E-state index in [4.69, 9.17) is 5.11 Å². The molecule has 1 N–H and O–H groups in total. The minimum Gasteiger partial charge on any atom is -0.478 e. The van der Waals surface area contributed by atoms with Crippen molar-refractivity contribution in [2.24, 2.45) is 0 Å². The van der Waals surface area contributed by atoms with Crippen molar-refractivity contribution in [3.05, 3.63) is 23.3 Å². The second-order valence-electron chi connectivity index (χ2n) is 2.67. The van der Waals surface area contributed by atoms with Gasteiger partial charge in [0.25, 0.3) is 0 Å². The lowest BCUT2D eigenvalue weighted by molar-refractivity contribution is -0.132. The molecule has 0 amide bonds. The van der Waals surface area contributed by atoms with Gasteiger partial charge in [-0.05, 0) is 19.8 Å². The van der Waals surface area contributed by atoms with E-state index in [1.54, 1.807) is 12.2 Å². The summed E-state index contributed by atoms with van der Waals surface area (Å²) in [5.41, 5.74) is 0.488. The number of rotatable bonds is 2. The first-order valence-corrected chi connectivity index (χ1v) is 3.78. The topological polar surface area (TPSA) is 54.4 Å². The third-order valence-corrected chi connectivity index (χ3v) is 1.76. The van der Waals surface area contributed by atoms with Gasteiger partial charge in [-0.15, -0.1) is 0 Å². The van der Waals surface area contributed by atoms with Gasteiger partial charge in [0.05, 0.1) is 5.57 Å². The molecule has 0 saturated carbocycles. The molecule has 3 nitrogen and oxygen atoms in total. The van der Waals surface area contributed by atoms with E-state index in [1.165, 1.54) is 6.92 Å². The molecule has 12 heavy (non-hydrogen) atoms. The summed E-state index contributed by atoms with van der Waals surface area (Å²) in [5, 5.41) is 8.70. The molecule has 0 aromatic rings. The number of allylic oxidation sites excluding steroid dienone is 2. The molecular weight excluding hydrogens is 156 g/mol. The van der Waals surface area contributed by atoms with Gasteiger partial charge in [-0.1, -0.05) is 12.2 Å². The maximum Gasteiger partial charge on any atom is 0.336 e. The first-order chi connectivity index (χ1) is 5.63. The van der Waals surface area contributed by atoms with E-state index < -0.39 is 5.97 Å². The number of Topliss-reactive ketones (excluding diaryl/α,β-unsaturated/α-hetero) is 1. The number of carboxylic acids is 1. The Balaban J connectivity index is 2.98. The standard InChI is InChI=1S/C9H10O3/c1-6(10)7-4-2-3-5-8(7)9(11)12/h4-5H,2-3H2,1H3,(H,11,12). The Kier molecular flexibility index (Phi) is 2.43. The molecular formula is C9H10O3. The largest absolute Gasteiger partial charge is 0.478 e. The van der Waals surface area contributed by atoms with E-state index in [0.717, 1.165) is 6.42 Å². The zero-order valence-electron chi connectivity index (χ0n) is 6.83. The van der Waals surface area contributed by atoms with Gasteiger partial charge in [-0.25, -0.2) is 4.79 Å². The fourth-order valence-electron chi connectivity index (χ4n) is 1.21.